The molecule has 0 saturated carbocycles. The summed E-state index contributed by atoms with van der Waals surface area (Å²) in [5, 5.41) is 0.669. The maximum Gasteiger partial charge on any atom is 0.271 e. The highest BCUT2D eigenvalue weighted by Crippen LogP contribution is 2.27. The molecule has 0 aliphatic carbocycles. The number of halogens is 1. The molecule has 1 aliphatic heterocycles. The summed E-state index contributed by atoms with van der Waals surface area (Å²) in [6.07, 6.45) is 3.97. The highest BCUT2D eigenvalue weighted by Gasteiger charge is 2.22. The van der Waals surface area contributed by atoms with Crippen molar-refractivity contribution in [3.05, 3.63) is 132 Å². The number of allylic oxidation sites excluding steroid dienone is 1. The number of hydrogen-bond acceptors (Lipinski definition) is 3. The van der Waals surface area contributed by atoms with Crippen LogP contribution in [0.1, 0.15) is 22.7 Å². The van der Waals surface area contributed by atoms with Gasteiger partial charge in [0.05, 0.1) is 16.3 Å². The summed E-state index contributed by atoms with van der Waals surface area (Å²) < 4.78 is 2.44. The summed E-state index contributed by atoms with van der Waals surface area (Å²) in [6.45, 7) is 0. The molecule has 0 fully saturated rings. The lowest BCUT2D eigenvalue weighted by Crippen LogP contribution is -2.36. The minimum Gasteiger partial charge on any atom is -0.272 e. The van der Waals surface area contributed by atoms with Crippen molar-refractivity contribution in [2.24, 2.45) is 4.99 Å². The largest absolute Gasteiger partial charge is 0.272 e. The second kappa shape index (κ2) is 7.90. The summed E-state index contributed by atoms with van der Waals surface area (Å²) in [5.41, 5.74) is 3.84. The molecular weight excluding hydrogens is 412 g/mol. The third-order valence-corrected chi connectivity index (χ3v) is 6.26. The molecule has 1 unspecified atom stereocenters. The van der Waals surface area contributed by atoms with Crippen LogP contribution in [0.4, 0.5) is 0 Å². The highest BCUT2D eigenvalue weighted by atomic mass is 35.5. The Morgan fingerprint density at radius 2 is 1.57 bits per heavy atom. The quantitative estimate of drug-likeness (QED) is 0.467. The first-order chi connectivity index (χ1) is 14.7. The van der Waals surface area contributed by atoms with Gasteiger partial charge in [0.1, 0.15) is 0 Å². The van der Waals surface area contributed by atoms with Gasteiger partial charge in [-0.15, -0.1) is 0 Å². The van der Waals surface area contributed by atoms with E-state index >= 15 is 0 Å². The molecule has 3 aromatic carbocycles. The van der Waals surface area contributed by atoms with E-state index in [1.165, 1.54) is 11.3 Å². The lowest BCUT2D eigenvalue weighted by atomic mass is 10.0. The standard InChI is InChI=1S/C25H17ClN2OS/c26-20-13-11-19(12-14-20)22-16-21(18-9-5-2-6-10-18)27-25-28(22)24(29)23(30-25)15-17-7-3-1-4-8-17/h1-16,22H. The normalized spacial score (nSPS) is 16.0. The van der Waals surface area contributed by atoms with E-state index in [2.05, 4.69) is 0 Å². The summed E-state index contributed by atoms with van der Waals surface area (Å²) in [4.78, 5) is 18.9. The Bertz CT molecular complexity index is 1400. The number of rotatable bonds is 3. The molecule has 4 aromatic rings. The lowest BCUT2D eigenvalue weighted by Gasteiger charge is -2.19. The van der Waals surface area contributed by atoms with Gasteiger partial charge in [-0.05, 0) is 41.0 Å². The van der Waals surface area contributed by atoms with E-state index in [9.17, 15) is 4.79 Å². The SMILES string of the molecule is O=c1c(=Cc2ccccc2)sc2n1C(c1ccc(Cl)cc1)C=C(c1ccccc1)N=2. The fraction of sp³-hybridized carbons (Fsp3) is 0.0400. The van der Waals surface area contributed by atoms with E-state index in [0.29, 0.717) is 14.4 Å². The van der Waals surface area contributed by atoms with E-state index in [0.717, 1.165) is 22.4 Å². The second-order valence-electron chi connectivity index (χ2n) is 7.01. The van der Waals surface area contributed by atoms with Gasteiger partial charge in [-0.1, -0.05) is 95.7 Å². The minimum atomic E-state index is -0.244. The number of thiazole rings is 1. The van der Waals surface area contributed by atoms with Crippen LogP contribution < -0.4 is 14.9 Å². The Hall–Kier alpha value is -3.21. The molecule has 2 heterocycles. The topological polar surface area (TPSA) is 34.4 Å². The van der Waals surface area contributed by atoms with Gasteiger partial charge < -0.3 is 0 Å². The van der Waals surface area contributed by atoms with Crippen molar-refractivity contribution in [1.82, 2.24) is 4.57 Å². The molecule has 0 radical (unpaired) electrons. The molecule has 5 rings (SSSR count). The van der Waals surface area contributed by atoms with Crippen molar-refractivity contribution >= 4 is 34.7 Å². The monoisotopic (exact) mass is 428 g/mol. The molecule has 0 N–H and O–H groups in total. The maximum absolute atomic E-state index is 13.3. The van der Waals surface area contributed by atoms with E-state index in [1.54, 1.807) is 4.57 Å². The predicted molar refractivity (Wildman–Crippen MR) is 123 cm³/mol. The Balaban J connectivity index is 1.74. The van der Waals surface area contributed by atoms with Crippen molar-refractivity contribution in [2.75, 3.05) is 0 Å². The molecule has 1 aromatic heterocycles. The average Bonchev–Trinajstić information content (AvgIpc) is 3.10. The van der Waals surface area contributed by atoms with Crippen molar-refractivity contribution in [1.29, 1.82) is 0 Å². The molecule has 0 saturated heterocycles. The fourth-order valence-corrected chi connectivity index (χ4v) is 4.69. The molecule has 146 valence electrons. The smallest absolute Gasteiger partial charge is 0.271 e. The highest BCUT2D eigenvalue weighted by molar-refractivity contribution is 7.07. The molecule has 0 bridgehead atoms. The first-order valence-electron chi connectivity index (χ1n) is 9.58. The average molecular weight is 429 g/mol. The molecule has 0 spiro atoms. The van der Waals surface area contributed by atoms with Crippen molar-refractivity contribution in [2.45, 2.75) is 6.04 Å². The van der Waals surface area contributed by atoms with E-state index < -0.39 is 0 Å². The number of fused-ring (bicyclic) bond motifs is 1. The number of hydrogen-bond donors (Lipinski definition) is 0. The van der Waals surface area contributed by atoms with Gasteiger partial charge in [-0.2, -0.15) is 0 Å². The third kappa shape index (κ3) is 3.56. The first-order valence-corrected chi connectivity index (χ1v) is 10.8. The Kier molecular flexibility index (Phi) is 4.95. The molecular formula is C25H17ClN2OS. The van der Waals surface area contributed by atoms with Gasteiger partial charge in [0.2, 0.25) is 0 Å². The van der Waals surface area contributed by atoms with Crippen LogP contribution in [0.15, 0.2) is 101 Å². The van der Waals surface area contributed by atoms with Crippen LogP contribution in [-0.2, 0) is 0 Å². The van der Waals surface area contributed by atoms with E-state index in [-0.39, 0.29) is 11.6 Å². The number of nitrogens with zero attached hydrogens (tertiary/aromatic N) is 2. The van der Waals surface area contributed by atoms with Crippen LogP contribution in [0.25, 0.3) is 11.8 Å². The maximum atomic E-state index is 13.3. The zero-order valence-electron chi connectivity index (χ0n) is 15.9. The lowest BCUT2D eigenvalue weighted by molar-refractivity contribution is 0.644. The van der Waals surface area contributed by atoms with Gasteiger partial charge in [0, 0.05) is 5.02 Å². The molecule has 30 heavy (non-hydrogen) atoms. The van der Waals surface area contributed by atoms with E-state index in [4.69, 9.17) is 16.6 Å². The van der Waals surface area contributed by atoms with Crippen molar-refractivity contribution < 1.29 is 0 Å². The van der Waals surface area contributed by atoms with Crippen LogP contribution in [0, 0.1) is 0 Å². The molecule has 1 atom stereocenters. The van der Waals surface area contributed by atoms with Crippen LogP contribution in [0.3, 0.4) is 0 Å². The van der Waals surface area contributed by atoms with E-state index in [1.807, 2.05) is 97.1 Å². The summed E-state index contributed by atoms with van der Waals surface area (Å²) in [7, 11) is 0. The zero-order valence-corrected chi connectivity index (χ0v) is 17.5. The predicted octanol–water partition coefficient (Wildman–Crippen LogP) is 4.66. The number of aromatic nitrogens is 1. The second-order valence-corrected chi connectivity index (χ2v) is 8.45. The van der Waals surface area contributed by atoms with Gasteiger partial charge in [-0.25, -0.2) is 4.99 Å². The summed E-state index contributed by atoms with van der Waals surface area (Å²) >= 11 is 7.51. The molecule has 1 aliphatic rings. The molecule has 3 nitrogen and oxygen atoms in total. The number of benzene rings is 3. The summed E-state index contributed by atoms with van der Waals surface area (Å²) in [6, 6.07) is 27.3. The first kappa shape index (κ1) is 18.8. The van der Waals surface area contributed by atoms with Crippen molar-refractivity contribution in [3.63, 3.8) is 0 Å². The third-order valence-electron chi connectivity index (χ3n) is 5.03. The molecule has 0 amide bonds. The summed E-state index contributed by atoms with van der Waals surface area (Å²) in [5.74, 6) is 0. The van der Waals surface area contributed by atoms with Gasteiger partial charge in [-0.3, -0.25) is 9.36 Å². The van der Waals surface area contributed by atoms with Crippen LogP contribution in [0.2, 0.25) is 5.02 Å². The van der Waals surface area contributed by atoms with Crippen LogP contribution in [-0.4, -0.2) is 4.57 Å². The zero-order chi connectivity index (χ0) is 20.5. The van der Waals surface area contributed by atoms with Gasteiger partial charge in [0.15, 0.2) is 4.80 Å². The van der Waals surface area contributed by atoms with Crippen LogP contribution in [0.5, 0.6) is 0 Å². The Morgan fingerprint density at radius 3 is 2.27 bits per heavy atom. The minimum absolute atomic E-state index is 0.0362. The Labute approximate surface area is 182 Å². The van der Waals surface area contributed by atoms with Gasteiger partial charge >= 0.3 is 0 Å². The van der Waals surface area contributed by atoms with Crippen LogP contribution >= 0.6 is 22.9 Å². The fourth-order valence-electron chi connectivity index (χ4n) is 3.55. The Morgan fingerprint density at radius 1 is 0.900 bits per heavy atom. The van der Waals surface area contributed by atoms with Crippen molar-refractivity contribution in [3.8, 4) is 0 Å². The van der Waals surface area contributed by atoms with Gasteiger partial charge in [0.25, 0.3) is 5.56 Å². The molecule has 5 heteroatoms.